The Labute approximate surface area is 121 Å². The van der Waals surface area contributed by atoms with Crippen molar-refractivity contribution in [1.29, 1.82) is 0 Å². The summed E-state index contributed by atoms with van der Waals surface area (Å²) < 4.78 is 44.1. The monoisotopic (exact) mass is 302 g/mol. The van der Waals surface area contributed by atoms with E-state index in [1.54, 1.807) is 20.8 Å². The standard InChI is InChI=1S/C15H17F3O3/c1-4-21-15(20)10(14(19)8(2)3)5-9-6-11(16)13(18)12(17)7-9/h6-8,10H,4-5H2,1-3H3. The molecule has 0 fully saturated rings. The molecule has 6 heteroatoms. The normalized spacial score (nSPS) is 12.3. The Morgan fingerprint density at radius 3 is 2.10 bits per heavy atom. The van der Waals surface area contributed by atoms with Crippen molar-refractivity contribution in [2.75, 3.05) is 6.61 Å². The van der Waals surface area contributed by atoms with Crippen LogP contribution in [0.1, 0.15) is 26.3 Å². The maximum absolute atomic E-state index is 13.2. The molecule has 0 spiro atoms. The lowest BCUT2D eigenvalue weighted by Gasteiger charge is -2.16. The lowest BCUT2D eigenvalue weighted by atomic mass is 9.89. The molecule has 0 N–H and O–H groups in total. The number of Topliss-reactive ketones (excluding diaryl/α,β-unsaturated/α-hetero) is 1. The van der Waals surface area contributed by atoms with E-state index in [2.05, 4.69) is 0 Å². The number of carbonyl (C=O) groups is 2. The van der Waals surface area contributed by atoms with Crippen LogP contribution in [0.25, 0.3) is 0 Å². The Morgan fingerprint density at radius 1 is 1.14 bits per heavy atom. The highest BCUT2D eigenvalue weighted by Crippen LogP contribution is 2.20. The van der Waals surface area contributed by atoms with Gasteiger partial charge in [-0.3, -0.25) is 9.59 Å². The van der Waals surface area contributed by atoms with Crippen LogP contribution in [0.15, 0.2) is 12.1 Å². The topological polar surface area (TPSA) is 43.4 Å². The molecule has 0 aliphatic rings. The summed E-state index contributed by atoms with van der Waals surface area (Å²) in [5.41, 5.74) is 0.0263. The van der Waals surface area contributed by atoms with Crippen molar-refractivity contribution >= 4 is 11.8 Å². The molecule has 3 nitrogen and oxygen atoms in total. The molecule has 0 saturated heterocycles. The predicted octanol–water partition coefficient (Wildman–Crippen LogP) is 3.05. The van der Waals surface area contributed by atoms with Gasteiger partial charge in [-0.15, -0.1) is 0 Å². The number of halogens is 3. The average Bonchev–Trinajstić information content (AvgIpc) is 2.41. The number of benzene rings is 1. The highest BCUT2D eigenvalue weighted by Gasteiger charge is 2.30. The van der Waals surface area contributed by atoms with Gasteiger partial charge in [0.15, 0.2) is 17.5 Å². The van der Waals surface area contributed by atoms with Gasteiger partial charge in [0.1, 0.15) is 11.7 Å². The molecule has 0 heterocycles. The maximum atomic E-state index is 13.2. The number of ether oxygens (including phenoxy) is 1. The van der Waals surface area contributed by atoms with Crippen LogP contribution in [-0.4, -0.2) is 18.4 Å². The van der Waals surface area contributed by atoms with E-state index < -0.39 is 41.0 Å². The van der Waals surface area contributed by atoms with E-state index in [1.165, 1.54) is 0 Å². The van der Waals surface area contributed by atoms with E-state index in [4.69, 9.17) is 4.74 Å². The number of carbonyl (C=O) groups excluding carboxylic acids is 2. The van der Waals surface area contributed by atoms with Crippen LogP contribution in [-0.2, 0) is 20.7 Å². The van der Waals surface area contributed by atoms with Gasteiger partial charge >= 0.3 is 5.97 Å². The summed E-state index contributed by atoms with van der Waals surface area (Å²) >= 11 is 0. The summed E-state index contributed by atoms with van der Waals surface area (Å²) in [7, 11) is 0. The van der Waals surface area contributed by atoms with Crippen molar-refractivity contribution in [3.8, 4) is 0 Å². The van der Waals surface area contributed by atoms with E-state index >= 15 is 0 Å². The SMILES string of the molecule is CCOC(=O)C(Cc1cc(F)c(F)c(F)c1)C(=O)C(C)C. The first kappa shape index (κ1) is 17.2. The van der Waals surface area contributed by atoms with Crippen LogP contribution >= 0.6 is 0 Å². The van der Waals surface area contributed by atoms with E-state index in [-0.39, 0.29) is 18.6 Å². The predicted molar refractivity (Wildman–Crippen MR) is 70.0 cm³/mol. The fourth-order valence-corrected chi connectivity index (χ4v) is 1.91. The molecule has 1 aromatic carbocycles. The molecule has 21 heavy (non-hydrogen) atoms. The maximum Gasteiger partial charge on any atom is 0.316 e. The molecule has 116 valence electrons. The summed E-state index contributed by atoms with van der Waals surface area (Å²) in [5, 5.41) is 0. The Hall–Kier alpha value is -1.85. The summed E-state index contributed by atoms with van der Waals surface area (Å²) in [5.74, 6) is -7.03. The molecule has 1 aromatic rings. The van der Waals surface area contributed by atoms with Crippen molar-refractivity contribution in [3.63, 3.8) is 0 Å². The fourth-order valence-electron chi connectivity index (χ4n) is 1.91. The van der Waals surface area contributed by atoms with E-state index in [0.717, 1.165) is 12.1 Å². The summed E-state index contributed by atoms with van der Waals surface area (Å²) in [6.07, 6.45) is -0.232. The van der Waals surface area contributed by atoms with Gasteiger partial charge in [-0.2, -0.15) is 0 Å². The molecule has 1 unspecified atom stereocenters. The molecule has 1 rings (SSSR count). The zero-order valence-corrected chi connectivity index (χ0v) is 12.1. The lowest BCUT2D eigenvalue weighted by molar-refractivity contribution is -0.152. The highest BCUT2D eigenvalue weighted by molar-refractivity contribution is 6.00. The minimum Gasteiger partial charge on any atom is -0.465 e. The van der Waals surface area contributed by atoms with Gasteiger partial charge < -0.3 is 4.74 Å². The van der Waals surface area contributed by atoms with Crippen molar-refractivity contribution in [1.82, 2.24) is 0 Å². The molecule has 0 amide bonds. The zero-order valence-electron chi connectivity index (χ0n) is 12.1. The first-order chi connectivity index (χ1) is 9.77. The van der Waals surface area contributed by atoms with Crippen molar-refractivity contribution < 1.29 is 27.5 Å². The van der Waals surface area contributed by atoms with Crippen LogP contribution < -0.4 is 0 Å². The van der Waals surface area contributed by atoms with Crippen LogP contribution in [0, 0.1) is 29.3 Å². The molecule has 0 aromatic heterocycles. The third-order valence-electron chi connectivity index (χ3n) is 2.97. The minimum absolute atomic E-state index is 0.0263. The first-order valence-corrected chi connectivity index (χ1v) is 6.61. The number of rotatable bonds is 6. The van der Waals surface area contributed by atoms with Crippen molar-refractivity contribution in [2.24, 2.45) is 11.8 Å². The molecule has 1 atom stereocenters. The van der Waals surface area contributed by atoms with Gasteiger partial charge in [0.05, 0.1) is 6.61 Å². The third kappa shape index (κ3) is 4.31. The van der Waals surface area contributed by atoms with Gasteiger partial charge in [0, 0.05) is 5.92 Å². The van der Waals surface area contributed by atoms with Crippen LogP contribution in [0.3, 0.4) is 0 Å². The highest BCUT2D eigenvalue weighted by atomic mass is 19.2. The second-order valence-electron chi connectivity index (χ2n) is 4.94. The van der Waals surface area contributed by atoms with Gasteiger partial charge in [0.25, 0.3) is 0 Å². The largest absolute Gasteiger partial charge is 0.465 e. The van der Waals surface area contributed by atoms with Gasteiger partial charge in [-0.1, -0.05) is 13.8 Å². The number of hydrogen-bond acceptors (Lipinski definition) is 3. The second kappa shape index (κ2) is 7.24. The van der Waals surface area contributed by atoms with Gasteiger partial charge in [0.2, 0.25) is 0 Å². The Balaban J connectivity index is 3.06. The number of ketones is 1. The Kier molecular flexibility index (Phi) is 5.93. The third-order valence-corrected chi connectivity index (χ3v) is 2.97. The van der Waals surface area contributed by atoms with E-state index in [0.29, 0.717) is 0 Å². The van der Waals surface area contributed by atoms with Gasteiger partial charge in [-0.05, 0) is 31.0 Å². The van der Waals surface area contributed by atoms with Crippen LogP contribution in [0.4, 0.5) is 13.2 Å². The zero-order chi connectivity index (χ0) is 16.2. The van der Waals surface area contributed by atoms with E-state index in [1.807, 2.05) is 0 Å². The molecular weight excluding hydrogens is 285 g/mol. The minimum atomic E-state index is -1.58. The van der Waals surface area contributed by atoms with Crippen molar-refractivity contribution in [3.05, 3.63) is 35.1 Å². The number of esters is 1. The Morgan fingerprint density at radius 2 is 1.67 bits per heavy atom. The lowest BCUT2D eigenvalue weighted by Crippen LogP contribution is -2.31. The smallest absolute Gasteiger partial charge is 0.316 e. The van der Waals surface area contributed by atoms with Crippen LogP contribution in [0.2, 0.25) is 0 Å². The summed E-state index contributed by atoms with van der Waals surface area (Å²) in [6, 6.07) is 1.55. The van der Waals surface area contributed by atoms with Crippen LogP contribution in [0.5, 0.6) is 0 Å². The molecule has 0 saturated carbocycles. The Bertz CT molecular complexity index is 518. The molecule has 0 aliphatic carbocycles. The summed E-state index contributed by atoms with van der Waals surface area (Å²) in [4.78, 5) is 23.9. The quantitative estimate of drug-likeness (QED) is 0.461. The molecular formula is C15H17F3O3. The van der Waals surface area contributed by atoms with E-state index in [9.17, 15) is 22.8 Å². The second-order valence-corrected chi connectivity index (χ2v) is 4.94. The van der Waals surface area contributed by atoms with Gasteiger partial charge in [-0.25, -0.2) is 13.2 Å². The summed E-state index contributed by atoms with van der Waals surface area (Å²) in [6.45, 7) is 4.90. The first-order valence-electron chi connectivity index (χ1n) is 6.61. The number of hydrogen-bond donors (Lipinski definition) is 0. The molecule has 0 bridgehead atoms. The molecule has 0 aliphatic heterocycles. The van der Waals surface area contributed by atoms with Crippen molar-refractivity contribution in [2.45, 2.75) is 27.2 Å². The molecule has 0 radical (unpaired) electrons. The fraction of sp³-hybridized carbons (Fsp3) is 0.467. The average molecular weight is 302 g/mol.